The molecule has 0 spiro atoms. The van der Waals surface area contributed by atoms with Gasteiger partial charge in [-0.2, -0.15) is 0 Å². The van der Waals surface area contributed by atoms with Crippen LogP contribution in [0.25, 0.3) is 55.0 Å². The van der Waals surface area contributed by atoms with Crippen LogP contribution < -0.4 is 19.4 Å². The van der Waals surface area contributed by atoms with Gasteiger partial charge in [-0.1, -0.05) is 210 Å². The molecule has 13 aromatic rings. The van der Waals surface area contributed by atoms with Gasteiger partial charge < -0.3 is 28.3 Å². The van der Waals surface area contributed by atoms with Gasteiger partial charge in [0.15, 0.2) is 17.1 Å². The van der Waals surface area contributed by atoms with E-state index in [1.54, 1.807) is 0 Å². The van der Waals surface area contributed by atoms with Crippen molar-refractivity contribution in [1.29, 1.82) is 0 Å². The molecule has 0 bridgehead atoms. The molecule has 16 rings (SSSR count). The van der Waals surface area contributed by atoms with Crippen molar-refractivity contribution in [3.63, 3.8) is 0 Å². The summed E-state index contributed by atoms with van der Waals surface area (Å²) in [5.41, 5.74) is 24.4. The standard InChI is InChI=1S/C84H75N3O3/c1-81(2,3)50-32-40-54(41-33-50)85(55-42-34-51(35-43-55)82(4,5)6)66-48-63-73-61-25-21-31-71-78(61)87(65-27-17-20-30-70(65)88-71)64-26-16-13-22-58(64)72(73)62-49-67(86(56-44-36-52(37-45-56)83(7,8)9)57-46-38-53(39-47-57)84(10,11)12)79-76(60-24-15-19-29-69(60)89-79)75(62)77(63)80-74(66)59-23-14-18-28-68(59)90-80/h13-49,72-73H,1-12H3. The van der Waals surface area contributed by atoms with Crippen molar-refractivity contribution in [2.75, 3.05) is 14.7 Å². The third kappa shape index (κ3) is 8.65. The van der Waals surface area contributed by atoms with E-state index in [0.29, 0.717) is 0 Å². The fourth-order valence-corrected chi connectivity index (χ4v) is 14.8. The van der Waals surface area contributed by atoms with Gasteiger partial charge in [-0.05, 0) is 163 Å². The molecule has 0 saturated heterocycles. The van der Waals surface area contributed by atoms with Gasteiger partial charge in [-0.15, -0.1) is 0 Å². The van der Waals surface area contributed by atoms with Crippen molar-refractivity contribution >= 4 is 95.1 Å². The first kappa shape index (κ1) is 55.5. The predicted molar refractivity (Wildman–Crippen MR) is 375 cm³/mol. The Hall–Kier alpha value is -9.78. The highest BCUT2D eigenvalue weighted by molar-refractivity contribution is 6.25. The van der Waals surface area contributed by atoms with Crippen LogP contribution >= 0.6 is 0 Å². The predicted octanol–water partition coefficient (Wildman–Crippen LogP) is 24.4. The fraction of sp³-hybridized carbons (Fsp3) is 0.214. The Balaban J connectivity index is 1.09. The van der Waals surface area contributed by atoms with E-state index in [0.717, 1.165) is 123 Å². The van der Waals surface area contributed by atoms with Crippen LogP contribution in [-0.2, 0) is 21.7 Å². The minimum atomic E-state index is -0.290. The zero-order valence-electron chi connectivity index (χ0n) is 53.6. The zero-order valence-corrected chi connectivity index (χ0v) is 53.6. The topological polar surface area (TPSA) is 45.2 Å². The molecule has 0 saturated carbocycles. The molecule has 90 heavy (non-hydrogen) atoms. The third-order valence-electron chi connectivity index (χ3n) is 19.4. The Bertz CT molecular complexity index is 4900. The summed E-state index contributed by atoms with van der Waals surface area (Å²) in [4.78, 5) is 7.43. The van der Waals surface area contributed by atoms with E-state index >= 15 is 0 Å². The van der Waals surface area contributed by atoms with Crippen LogP contribution in [0.4, 0.5) is 51.2 Å². The van der Waals surface area contributed by atoms with Gasteiger partial charge in [0.2, 0.25) is 0 Å². The number of ether oxygens (including phenoxy) is 1. The summed E-state index contributed by atoms with van der Waals surface area (Å²) in [6.45, 7) is 27.4. The van der Waals surface area contributed by atoms with E-state index in [1.165, 1.54) is 38.9 Å². The van der Waals surface area contributed by atoms with Crippen LogP contribution in [0.3, 0.4) is 0 Å². The normalized spacial score (nSPS) is 15.2. The molecule has 2 atom stereocenters. The van der Waals surface area contributed by atoms with E-state index in [1.807, 2.05) is 0 Å². The number of furan rings is 2. The molecule has 0 fully saturated rings. The number of anilines is 9. The van der Waals surface area contributed by atoms with E-state index in [4.69, 9.17) is 13.6 Å². The van der Waals surface area contributed by atoms with Crippen molar-refractivity contribution in [1.82, 2.24) is 0 Å². The van der Waals surface area contributed by atoms with Gasteiger partial charge in [0.05, 0.1) is 33.8 Å². The first-order chi connectivity index (χ1) is 43.2. The molecular weight excluding hydrogens is 1100 g/mol. The van der Waals surface area contributed by atoms with E-state index in [9.17, 15) is 0 Å². The molecule has 11 aromatic carbocycles. The number of benzene rings is 11. The lowest BCUT2D eigenvalue weighted by atomic mass is 9.65. The Morgan fingerprint density at radius 2 is 0.733 bits per heavy atom. The summed E-state index contributed by atoms with van der Waals surface area (Å²) >= 11 is 0. The summed E-state index contributed by atoms with van der Waals surface area (Å²) in [6, 6.07) is 83.6. The summed E-state index contributed by atoms with van der Waals surface area (Å²) in [5.74, 6) is 1.08. The molecular formula is C84H75N3O3. The first-order valence-electron chi connectivity index (χ1n) is 32.0. The monoisotopic (exact) mass is 1170 g/mol. The summed E-state index contributed by atoms with van der Waals surface area (Å²) in [7, 11) is 0. The third-order valence-corrected chi connectivity index (χ3v) is 19.4. The highest BCUT2D eigenvalue weighted by atomic mass is 16.5. The molecule has 3 aliphatic rings. The van der Waals surface area contributed by atoms with Gasteiger partial charge in [0.1, 0.15) is 16.7 Å². The quantitative estimate of drug-likeness (QED) is 0.165. The molecule has 2 aliphatic heterocycles. The molecule has 6 heteroatoms. The molecule has 444 valence electrons. The average molecular weight is 1170 g/mol. The second kappa shape index (κ2) is 19.9. The maximum atomic E-state index is 7.72. The summed E-state index contributed by atoms with van der Waals surface area (Å²) < 4.78 is 22.4. The highest BCUT2D eigenvalue weighted by Crippen LogP contribution is 2.67. The minimum Gasteiger partial charge on any atom is -0.455 e. The largest absolute Gasteiger partial charge is 0.455 e. The molecule has 2 aromatic heterocycles. The SMILES string of the molecule is CC(C)(C)c1ccc(N(c2ccc(C(C)(C)C)cc2)c2cc3c(c4c2oc2ccccc24)-c2c(cc(N(c4ccc(C(C)(C)C)cc4)c4ccc(C(C)(C)C)cc4)c4c2oc2ccccc24)C2c4cccc5c4N(c4ccccc4O5)c4ccccc4C32)cc1. The molecule has 0 amide bonds. The lowest BCUT2D eigenvalue weighted by molar-refractivity contribution is 0.476. The number of hydrogen-bond donors (Lipinski definition) is 0. The molecule has 4 heterocycles. The maximum absolute atomic E-state index is 7.72. The van der Waals surface area contributed by atoms with Gasteiger partial charge in [0, 0.05) is 61.9 Å². The zero-order chi connectivity index (χ0) is 61.9. The summed E-state index contributed by atoms with van der Waals surface area (Å²) in [6.07, 6.45) is 0. The van der Waals surface area contributed by atoms with Crippen molar-refractivity contribution in [3.8, 4) is 22.6 Å². The Morgan fingerprint density at radius 1 is 0.333 bits per heavy atom. The Kier molecular flexibility index (Phi) is 12.3. The van der Waals surface area contributed by atoms with Crippen LogP contribution in [0.1, 0.15) is 139 Å². The van der Waals surface area contributed by atoms with Crippen molar-refractivity contribution in [3.05, 3.63) is 269 Å². The van der Waals surface area contributed by atoms with Crippen LogP contribution in [0.15, 0.2) is 233 Å². The maximum Gasteiger partial charge on any atom is 0.160 e. The van der Waals surface area contributed by atoms with Crippen molar-refractivity contribution < 1.29 is 13.6 Å². The number of hydrogen-bond acceptors (Lipinski definition) is 6. The molecule has 0 radical (unpaired) electrons. The van der Waals surface area contributed by atoms with Gasteiger partial charge in [-0.3, -0.25) is 0 Å². The minimum absolute atomic E-state index is 0.0457. The van der Waals surface area contributed by atoms with Crippen LogP contribution in [0, 0.1) is 0 Å². The number of rotatable bonds is 6. The van der Waals surface area contributed by atoms with Gasteiger partial charge >= 0.3 is 0 Å². The Morgan fingerprint density at radius 3 is 1.27 bits per heavy atom. The summed E-state index contributed by atoms with van der Waals surface area (Å²) in [5, 5.41) is 4.18. The van der Waals surface area contributed by atoms with E-state index in [-0.39, 0.29) is 33.5 Å². The van der Waals surface area contributed by atoms with E-state index < -0.39 is 0 Å². The Labute approximate surface area is 528 Å². The van der Waals surface area contributed by atoms with E-state index in [2.05, 4.69) is 322 Å². The second-order valence-corrected chi connectivity index (χ2v) is 29.3. The lowest BCUT2D eigenvalue weighted by Gasteiger charge is -2.39. The molecule has 2 unspecified atom stereocenters. The molecule has 1 aliphatic carbocycles. The number of fused-ring (bicyclic) bond motifs is 20. The number of nitrogens with zero attached hydrogens (tertiary/aromatic N) is 3. The van der Waals surface area contributed by atoms with Gasteiger partial charge in [-0.25, -0.2) is 0 Å². The number of para-hydroxylation sites is 6. The second-order valence-electron chi connectivity index (χ2n) is 29.3. The lowest BCUT2D eigenvalue weighted by Crippen LogP contribution is -2.22. The molecule has 6 nitrogen and oxygen atoms in total. The first-order valence-corrected chi connectivity index (χ1v) is 32.0. The van der Waals surface area contributed by atoms with Crippen molar-refractivity contribution in [2.24, 2.45) is 0 Å². The average Bonchev–Trinajstić information content (AvgIpc) is 1.42. The van der Waals surface area contributed by atoms with Crippen LogP contribution in [-0.4, -0.2) is 0 Å². The highest BCUT2D eigenvalue weighted by Gasteiger charge is 2.47. The fourth-order valence-electron chi connectivity index (χ4n) is 14.8. The van der Waals surface area contributed by atoms with Crippen LogP contribution in [0.2, 0.25) is 0 Å². The molecule has 0 N–H and O–H groups in total. The van der Waals surface area contributed by atoms with Crippen molar-refractivity contribution in [2.45, 2.75) is 117 Å². The van der Waals surface area contributed by atoms with Gasteiger partial charge in [0.25, 0.3) is 0 Å². The smallest absolute Gasteiger partial charge is 0.160 e. The van der Waals surface area contributed by atoms with Crippen LogP contribution in [0.5, 0.6) is 11.5 Å².